The van der Waals surface area contributed by atoms with Gasteiger partial charge in [-0.15, -0.1) is 13.2 Å². The van der Waals surface area contributed by atoms with Gasteiger partial charge in [-0.3, -0.25) is 9.69 Å². The predicted molar refractivity (Wildman–Crippen MR) is 99.7 cm³/mol. The zero-order valence-corrected chi connectivity index (χ0v) is 16.7. The summed E-state index contributed by atoms with van der Waals surface area (Å²) in [5.41, 5.74) is 0.334. The largest absolute Gasteiger partial charge is 0.573 e. The van der Waals surface area contributed by atoms with Crippen LogP contribution in [0.25, 0.3) is 0 Å². The number of benzene rings is 1. The van der Waals surface area contributed by atoms with Gasteiger partial charge in [-0.2, -0.15) is 0 Å². The van der Waals surface area contributed by atoms with Gasteiger partial charge in [0.1, 0.15) is 17.1 Å². The number of nitrogens with zero attached hydrogens (tertiary/aromatic N) is 1. The molecule has 9 heteroatoms. The first-order valence-corrected chi connectivity index (χ1v) is 9.77. The van der Waals surface area contributed by atoms with Crippen LogP contribution in [0.5, 0.6) is 11.5 Å². The average Bonchev–Trinajstić information content (AvgIpc) is 2.64. The fraction of sp³-hybridized carbons (Fsp3) is 0.650. The van der Waals surface area contributed by atoms with Gasteiger partial charge >= 0.3 is 6.36 Å². The van der Waals surface area contributed by atoms with Crippen molar-refractivity contribution in [3.63, 3.8) is 0 Å². The van der Waals surface area contributed by atoms with Crippen molar-refractivity contribution in [3.8, 4) is 11.5 Å². The molecule has 1 saturated carbocycles. The summed E-state index contributed by atoms with van der Waals surface area (Å²) >= 11 is 0. The first-order chi connectivity index (χ1) is 13.7. The molecule has 1 N–H and O–H groups in total. The lowest BCUT2D eigenvalue weighted by Gasteiger charge is -2.49. The molecule has 0 aromatic heterocycles. The monoisotopic (exact) mass is 416 g/mol. The van der Waals surface area contributed by atoms with E-state index >= 15 is 0 Å². The smallest absolute Gasteiger partial charge is 0.496 e. The number of nitrogens with one attached hydrogen (secondary N) is 1. The molecule has 1 aliphatic carbocycles. The third-order valence-electron chi connectivity index (χ3n) is 5.53. The summed E-state index contributed by atoms with van der Waals surface area (Å²) in [6.45, 7) is 3.89. The highest BCUT2D eigenvalue weighted by atomic mass is 19.4. The second kappa shape index (κ2) is 8.79. The van der Waals surface area contributed by atoms with E-state index in [2.05, 4.69) is 15.0 Å². The Hall–Kier alpha value is -2.00. The van der Waals surface area contributed by atoms with E-state index in [1.165, 1.54) is 26.2 Å². The number of hydrogen-bond acceptors (Lipinski definition) is 5. The number of methoxy groups -OCH3 is 1. The van der Waals surface area contributed by atoms with E-state index in [1.54, 1.807) is 6.07 Å². The summed E-state index contributed by atoms with van der Waals surface area (Å²) in [7, 11) is 1.42. The van der Waals surface area contributed by atoms with Gasteiger partial charge in [-0.25, -0.2) is 0 Å². The minimum Gasteiger partial charge on any atom is -0.496 e. The van der Waals surface area contributed by atoms with Crippen molar-refractivity contribution in [2.45, 2.75) is 57.2 Å². The predicted octanol–water partition coefficient (Wildman–Crippen LogP) is 3.24. The molecule has 1 saturated heterocycles. The number of alkyl halides is 3. The molecule has 1 spiro atoms. The summed E-state index contributed by atoms with van der Waals surface area (Å²) in [5, 5.41) is 3.04. The molecule has 2 unspecified atom stereocenters. The molecule has 1 aromatic rings. The minimum absolute atomic E-state index is 0.0407. The third kappa shape index (κ3) is 5.54. The maximum atomic E-state index is 12.5. The van der Waals surface area contributed by atoms with E-state index in [1.807, 2.05) is 0 Å². The molecule has 2 fully saturated rings. The van der Waals surface area contributed by atoms with Crippen molar-refractivity contribution in [1.29, 1.82) is 0 Å². The summed E-state index contributed by atoms with van der Waals surface area (Å²) in [4.78, 5) is 13.8. The van der Waals surface area contributed by atoms with Gasteiger partial charge in [-0.1, -0.05) is 18.9 Å². The van der Waals surface area contributed by atoms with Gasteiger partial charge in [0.15, 0.2) is 0 Å². The quantitative estimate of drug-likeness (QED) is 0.799. The van der Waals surface area contributed by atoms with Gasteiger partial charge in [-0.05, 0) is 18.9 Å². The Balaban J connectivity index is 1.73. The van der Waals surface area contributed by atoms with Crippen LogP contribution in [0.4, 0.5) is 13.2 Å². The van der Waals surface area contributed by atoms with Crippen LogP contribution >= 0.6 is 0 Å². The van der Waals surface area contributed by atoms with E-state index in [0.717, 1.165) is 31.2 Å². The lowest BCUT2D eigenvalue weighted by Crippen LogP contribution is -2.63. The molecule has 3 rings (SSSR count). The van der Waals surface area contributed by atoms with Crippen LogP contribution in [-0.2, 0) is 16.1 Å². The second-order valence-corrected chi connectivity index (χ2v) is 7.64. The van der Waals surface area contributed by atoms with E-state index in [0.29, 0.717) is 32.0 Å². The van der Waals surface area contributed by atoms with E-state index < -0.39 is 12.0 Å². The number of rotatable bonds is 5. The standard InChI is InChI=1S/C20H27F3N2O4/c1-14(26)24-18-5-3-4-8-19(18)13-25(9-10-28-19)12-15-6-7-16(11-17(15)27-2)29-20(21,22)23/h6-7,11,18H,3-5,8-10,12-13H2,1-2H3,(H,24,26). The van der Waals surface area contributed by atoms with Crippen molar-refractivity contribution in [2.24, 2.45) is 0 Å². The van der Waals surface area contributed by atoms with Crippen LogP contribution in [0.15, 0.2) is 18.2 Å². The fourth-order valence-electron chi connectivity index (χ4n) is 4.33. The molecule has 1 amide bonds. The zero-order valence-electron chi connectivity index (χ0n) is 16.7. The molecular weight excluding hydrogens is 389 g/mol. The molecule has 2 atom stereocenters. The van der Waals surface area contributed by atoms with Crippen LogP contribution < -0.4 is 14.8 Å². The second-order valence-electron chi connectivity index (χ2n) is 7.64. The van der Waals surface area contributed by atoms with Gasteiger partial charge in [0, 0.05) is 38.2 Å². The maximum Gasteiger partial charge on any atom is 0.573 e. The number of carbonyl (C=O) groups excluding carboxylic acids is 1. The number of hydrogen-bond donors (Lipinski definition) is 1. The molecule has 2 aliphatic rings. The fourth-order valence-corrected chi connectivity index (χ4v) is 4.33. The van der Waals surface area contributed by atoms with Crippen LogP contribution in [0.3, 0.4) is 0 Å². The zero-order chi connectivity index (χ0) is 21.1. The van der Waals surface area contributed by atoms with Crippen molar-refractivity contribution < 1.29 is 32.2 Å². The number of ether oxygens (including phenoxy) is 3. The van der Waals surface area contributed by atoms with Crippen molar-refractivity contribution >= 4 is 5.91 Å². The van der Waals surface area contributed by atoms with Crippen LogP contribution in [0.1, 0.15) is 38.2 Å². The van der Waals surface area contributed by atoms with Gasteiger partial charge < -0.3 is 19.5 Å². The lowest BCUT2D eigenvalue weighted by molar-refractivity contribution is -0.274. The average molecular weight is 416 g/mol. The Morgan fingerprint density at radius 1 is 1.38 bits per heavy atom. The van der Waals surface area contributed by atoms with E-state index in [-0.39, 0.29) is 17.7 Å². The minimum atomic E-state index is -4.75. The van der Waals surface area contributed by atoms with Gasteiger partial charge in [0.2, 0.25) is 5.91 Å². The van der Waals surface area contributed by atoms with E-state index in [4.69, 9.17) is 9.47 Å². The van der Waals surface area contributed by atoms with Crippen molar-refractivity contribution in [3.05, 3.63) is 23.8 Å². The first kappa shape index (κ1) is 21.7. The molecular formula is C20H27F3N2O4. The highest BCUT2D eigenvalue weighted by Gasteiger charge is 2.45. The Bertz CT molecular complexity index is 724. The third-order valence-corrected chi connectivity index (χ3v) is 5.53. The molecule has 6 nitrogen and oxygen atoms in total. The SMILES string of the molecule is COc1cc(OC(F)(F)F)ccc1CN1CCOC2(CCCCC2NC(C)=O)C1. The van der Waals surface area contributed by atoms with E-state index in [9.17, 15) is 18.0 Å². The molecule has 1 heterocycles. The number of halogens is 3. The number of morpholine rings is 1. The topological polar surface area (TPSA) is 60.0 Å². The van der Waals surface area contributed by atoms with Gasteiger partial charge in [0.05, 0.1) is 19.8 Å². The summed E-state index contributed by atoms with van der Waals surface area (Å²) < 4.78 is 52.8. The number of amides is 1. The van der Waals surface area contributed by atoms with Gasteiger partial charge in [0.25, 0.3) is 0 Å². The molecule has 0 radical (unpaired) electrons. The lowest BCUT2D eigenvalue weighted by atomic mass is 9.78. The Kier molecular flexibility index (Phi) is 6.58. The van der Waals surface area contributed by atoms with Crippen LogP contribution in [0, 0.1) is 0 Å². The summed E-state index contributed by atoms with van der Waals surface area (Å²) in [6.07, 6.45) is -0.922. The highest BCUT2D eigenvalue weighted by Crippen LogP contribution is 2.36. The maximum absolute atomic E-state index is 12.5. The molecule has 1 aromatic carbocycles. The molecule has 0 bridgehead atoms. The normalized spacial score (nSPS) is 25.6. The van der Waals surface area contributed by atoms with Crippen LogP contribution in [-0.4, -0.2) is 55.6 Å². The van der Waals surface area contributed by atoms with Crippen molar-refractivity contribution in [1.82, 2.24) is 10.2 Å². The highest BCUT2D eigenvalue weighted by molar-refractivity contribution is 5.73. The molecule has 1 aliphatic heterocycles. The summed E-state index contributed by atoms with van der Waals surface area (Å²) in [5.74, 6) is -0.0391. The van der Waals surface area contributed by atoms with Crippen molar-refractivity contribution in [2.75, 3.05) is 26.8 Å². The first-order valence-electron chi connectivity index (χ1n) is 9.77. The number of carbonyl (C=O) groups is 1. The Morgan fingerprint density at radius 2 is 2.17 bits per heavy atom. The Labute approximate surface area is 168 Å². The Morgan fingerprint density at radius 3 is 2.86 bits per heavy atom. The van der Waals surface area contributed by atoms with Crippen LogP contribution in [0.2, 0.25) is 0 Å². The molecule has 29 heavy (non-hydrogen) atoms. The summed E-state index contributed by atoms with van der Waals surface area (Å²) in [6, 6.07) is 4.09. The molecule has 162 valence electrons.